The van der Waals surface area contributed by atoms with Gasteiger partial charge in [0, 0.05) is 17.6 Å². The van der Waals surface area contributed by atoms with Gasteiger partial charge in [-0.1, -0.05) is 23.2 Å². The smallest absolute Gasteiger partial charge is 0.261 e. The Morgan fingerprint density at radius 2 is 1.83 bits per heavy atom. The third-order valence-electron chi connectivity index (χ3n) is 5.08. The first-order valence-corrected chi connectivity index (χ1v) is 11.6. The molecule has 1 heterocycles. The summed E-state index contributed by atoms with van der Waals surface area (Å²) in [6, 6.07) is 9.74. The van der Waals surface area contributed by atoms with E-state index < -0.39 is 10.0 Å². The number of sulfonamides is 1. The van der Waals surface area contributed by atoms with Crippen molar-refractivity contribution in [3.8, 4) is 5.75 Å². The third-order valence-corrected chi connectivity index (χ3v) is 7.08. The van der Waals surface area contributed by atoms with Gasteiger partial charge in [-0.3, -0.25) is 4.72 Å². The Morgan fingerprint density at radius 3 is 2.55 bits per heavy atom. The van der Waals surface area contributed by atoms with Gasteiger partial charge in [0.05, 0.1) is 26.1 Å². The molecular weight excluding hydrogens is 433 g/mol. The summed E-state index contributed by atoms with van der Waals surface area (Å²) in [6.45, 7) is 0. The quantitative estimate of drug-likeness (QED) is 0.510. The van der Waals surface area contributed by atoms with Crippen LogP contribution in [0, 0.1) is 0 Å². The van der Waals surface area contributed by atoms with E-state index in [-0.39, 0.29) is 17.0 Å². The average Bonchev–Trinajstić information content (AvgIpc) is 3.07. The molecule has 4 N–H and O–H groups in total. The summed E-state index contributed by atoms with van der Waals surface area (Å²) >= 11 is 12.3. The molecule has 1 aliphatic carbocycles. The fourth-order valence-corrected chi connectivity index (χ4v) is 5.27. The van der Waals surface area contributed by atoms with Crippen molar-refractivity contribution in [1.82, 2.24) is 4.98 Å². The lowest BCUT2D eigenvalue weighted by atomic mass is 9.93. The van der Waals surface area contributed by atoms with Crippen molar-refractivity contribution < 1.29 is 13.2 Å². The summed E-state index contributed by atoms with van der Waals surface area (Å²) in [5.41, 5.74) is 6.89. The Kier molecular flexibility index (Phi) is 5.66. The lowest BCUT2D eigenvalue weighted by Crippen LogP contribution is -2.33. The molecule has 6 nitrogen and oxygen atoms in total. The molecule has 4 rings (SSSR count). The molecule has 2 atom stereocenters. The maximum atomic E-state index is 12.8. The van der Waals surface area contributed by atoms with E-state index in [9.17, 15) is 8.42 Å². The molecule has 0 spiro atoms. The highest BCUT2D eigenvalue weighted by molar-refractivity contribution is 7.92. The molecule has 1 saturated carbocycles. The monoisotopic (exact) mass is 453 g/mol. The fourth-order valence-electron chi connectivity index (χ4n) is 3.64. The number of halogens is 2. The molecule has 154 valence electrons. The highest BCUT2D eigenvalue weighted by atomic mass is 35.5. The highest BCUT2D eigenvalue weighted by Gasteiger charge is 2.21. The molecule has 0 radical (unpaired) electrons. The van der Waals surface area contributed by atoms with Crippen LogP contribution in [0.5, 0.6) is 5.75 Å². The molecule has 2 aromatic carbocycles. The number of H-pyrrole nitrogens is 1. The number of nitrogens with one attached hydrogen (secondary N) is 2. The molecule has 9 heteroatoms. The van der Waals surface area contributed by atoms with E-state index in [0.29, 0.717) is 32.4 Å². The first-order chi connectivity index (χ1) is 13.8. The predicted octanol–water partition coefficient (Wildman–Crippen LogP) is 4.92. The zero-order valence-electron chi connectivity index (χ0n) is 15.5. The van der Waals surface area contributed by atoms with E-state index in [0.717, 1.165) is 25.7 Å². The van der Waals surface area contributed by atoms with Crippen LogP contribution in [0.4, 0.5) is 5.69 Å². The van der Waals surface area contributed by atoms with Crippen molar-refractivity contribution in [3.63, 3.8) is 0 Å². The number of hydrogen-bond donors (Lipinski definition) is 3. The molecule has 0 bridgehead atoms. The van der Waals surface area contributed by atoms with Gasteiger partial charge in [0.2, 0.25) is 0 Å². The first kappa shape index (κ1) is 20.3. The number of hydrogen-bond acceptors (Lipinski definition) is 4. The first-order valence-electron chi connectivity index (χ1n) is 9.34. The molecule has 1 fully saturated rings. The number of ether oxygens (including phenoxy) is 1. The van der Waals surface area contributed by atoms with Gasteiger partial charge in [0.25, 0.3) is 10.0 Å². The summed E-state index contributed by atoms with van der Waals surface area (Å²) in [7, 11) is -3.80. The molecule has 0 unspecified atom stereocenters. The topological polar surface area (TPSA) is 97.2 Å². The summed E-state index contributed by atoms with van der Waals surface area (Å²) < 4.78 is 34.2. The van der Waals surface area contributed by atoms with Crippen molar-refractivity contribution in [3.05, 3.63) is 52.6 Å². The number of aromatic nitrogens is 1. The van der Waals surface area contributed by atoms with E-state index in [1.165, 1.54) is 12.1 Å². The van der Waals surface area contributed by atoms with Crippen LogP contribution < -0.4 is 15.2 Å². The second-order valence-electron chi connectivity index (χ2n) is 7.23. The lowest BCUT2D eigenvalue weighted by Gasteiger charge is -2.27. The fraction of sp³-hybridized carbons (Fsp3) is 0.300. The summed E-state index contributed by atoms with van der Waals surface area (Å²) in [6.07, 6.45) is 5.47. The molecule has 0 amide bonds. The van der Waals surface area contributed by atoms with Crippen molar-refractivity contribution in [2.24, 2.45) is 5.73 Å². The molecule has 0 saturated heterocycles. The van der Waals surface area contributed by atoms with Crippen LogP contribution in [0.2, 0.25) is 10.0 Å². The minimum atomic E-state index is -3.80. The van der Waals surface area contributed by atoms with Crippen LogP contribution in [0.15, 0.2) is 47.5 Å². The van der Waals surface area contributed by atoms with E-state index in [4.69, 9.17) is 33.7 Å². The van der Waals surface area contributed by atoms with Crippen LogP contribution in [0.25, 0.3) is 10.9 Å². The van der Waals surface area contributed by atoms with Crippen LogP contribution in [0.3, 0.4) is 0 Å². The molecule has 1 aromatic heterocycles. The van der Waals surface area contributed by atoms with Crippen LogP contribution in [-0.2, 0) is 10.0 Å². The maximum Gasteiger partial charge on any atom is 0.261 e. The van der Waals surface area contributed by atoms with E-state index in [1.54, 1.807) is 30.5 Å². The van der Waals surface area contributed by atoms with Gasteiger partial charge in [-0.15, -0.1) is 0 Å². The van der Waals surface area contributed by atoms with Gasteiger partial charge in [-0.05, 0) is 62.1 Å². The van der Waals surface area contributed by atoms with Crippen LogP contribution >= 0.6 is 23.2 Å². The number of fused-ring (bicyclic) bond motifs is 1. The maximum absolute atomic E-state index is 12.8. The lowest BCUT2D eigenvalue weighted by molar-refractivity contribution is 0.144. The normalized spacial score (nSPS) is 20.0. The number of aromatic amines is 1. The second-order valence-corrected chi connectivity index (χ2v) is 9.72. The van der Waals surface area contributed by atoms with Gasteiger partial charge < -0.3 is 15.5 Å². The Hall–Kier alpha value is -1.93. The minimum Gasteiger partial charge on any atom is -0.490 e. The second kappa shape index (κ2) is 8.07. The third kappa shape index (κ3) is 4.33. The van der Waals surface area contributed by atoms with Gasteiger partial charge in [-0.25, -0.2) is 8.42 Å². The largest absolute Gasteiger partial charge is 0.490 e. The van der Waals surface area contributed by atoms with Crippen molar-refractivity contribution >= 4 is 49.8 Å². The number of anilines is 1. The van der Waals surface area contributed by atoms with Gasteiger partial charge in [0.1, 0.15) is 11.9 Å². The van der Waals surface area contributed by atoms with Crippen LogP contribution in [-0.4, -0.2) is 25.5 Å². The SMILES string of the molecule is N[C@@H]1CCC[C@@H](Oc2ccc(S(=O)(=O)Nc3ccc(Cl)c4c(Cl)c[nH]c34)cc2)C1. The van der Waals surface area contributed by atoms with Gasteiger partial charge >= 0.3 is 0 Å². The molecular formula is C20H21Cl2N3O3S. The van der Waals surface area contributed by atoms with E-state index in [2.05, 4.69) is 9.71 Å². The van der Waals surface area contributed by atoms with Crippen LogP contribution in [0.1, 0.15) is 25.7 Å². The van der Waals surface area contributed by atoms with Crippen molar-refractivity contribution in [2.75, 3.05) is 4.72 Å². The van der Waals surface area contributed by atoms with E-state index >= 15 is 0 Å². The summed E-state index contributed by atoms with van der Waals surface area (Å²) in [4.78, 5) is 3.09. The standard InChI is InChI=1S/C20H21Cl2N3O3S/c21-16-8-9-18(20-19(16)17(22)11-24-20)25-29(26,27)15-6-4-13(5-7-15)28-14-3-1-2-12(23)10-14/h4-9,11-12,14,24-25H,1-3,10,23H2/t12-,14-/m1/s1. The molecule has 29 heavy (non-hydrogen) atoms. The summed E-state index contributed by atoms with van der Waals surface area (Å²) in [5.74, 6) is 0.632. The molecule has 0 aliphatic heterocycles. The molecule has 1 aliphatic rings. The highest BCUT2D eigenvalue weighted by Crippen LogP contribution is 2.35. The van der Waals surface area contributed by atoms with Gasteiger partial charge in [0.15, 0.2) is 0 Å². The van der Waals surface area contributed by atoms with Crippen molar-refractivity contribution in [1.29, 1.82) is 0 Å². The summed E-state index contributed by atoms with van der Waals surface area (Å²) in [5, 5.41) is 1.44. The Morgan fingerprint density at radius 1 is 1.07 bits per heavy atom. The Bertz CT molecular complexity index is 1130. The Balaban J connectivity index is 1.53. The number of nitrogens with two attached hydrogens (primary N) is 1. The number of rotatable bonds is 5. The molecule has 3 aromatic rings. The number of benzene rings is 2. The van der Waals surface area contributed by atoms with Crippen molar-refractivity contribution in [2.45, 2.75) is 42.7 Å². The predicted molar refractivity (Wildman–Crippen MR) is 116 cm³/mol. The average molecular weight is 454 g/mol. The Labute approximate surface area is 179 Å². The zero-order chi connectivity index (χ0) is 20.6. The van der Waals surface area contributed by atoms with Gasteiger partial charge in [-0.2, -0.15) is 0 Å². The minimum absolute atomic E-state index is 0.0688. The van der Waals surface area contributed by atoms with E-state index in [1.807, 2.05) is 0 Å². The zero-order valence-corrected chi connectivity index (χ0v) is 17.8.